The summed E-state index contributed by atoms with van der Waals surface area (Å²) in [6.07, 6.45) is 1.76. The SMILES string of the molecule is O=C(CCCc1ccccc1)C[N+](=O)[O-]. The number of carbonyl (C=O) groups excluding carboxylic acids is 1. The zero-order valence-corrected chi connectivity index (χ0v) is 8.39. The van der Waals surface area contributed by atoms with Crippen LogP contribution >= 0.6 is 0 Å². The quantitative estimate of drug-likeness (QED) is 0.528. The van der Waals surface area contributed by atoms with Crippen molar-refractivity contribution in [3.63, 3.8) is 0 Å². The van der Waals surface area contributed by atoms with Crippen LogP contribution in [0.2, 0.25) is 0 Å². The van der Waals surface area contributed by atoms with Gasteiger partial charge in [0, 0.05) is 11.3 Å². The Morgan fingerprint density at radius 3 is 2.53 bits per heavy atom. The van der Waals surface area contributed by atoms with Crippen molar-refractivity contribution in [2.75, 3.05) is 6.54 Å². The second kappa shape index (κ2) is 5.90. The molecular formula is C11H13NO3. The number of hydrogen-bond acceptors (Lipinski definition) is 3. The summed E-state index contributed by atoms with van der Waals surface area (Å²) in [6.45, 7) is -0.547. The highest BCUT2D eigenvalue weighted by molar-refractivity contribution is 5.79. The van der Waals surface area contributed by atoms with Gasteiger partial charge in [-0.2, -0.15) is 0 Å². The van der Waals surface area contributed by atoms with Crippen molar-refractivity contribution in [1.82, 2.24) is 0 Å². The van der Waals surface area contributed by atoms with Crippen molar-refractivity contribution >= 4 is 5.78 Å². The van der Waals surface area contributed by atoms with Crippen LogP contribution in [0.25, 0.3) is 0 Å². The van der Waals surface area contributed by atoms with E-state index in [2.05, 4.69) is 0 Å². The van der Waals surface area contributed by atoms with Gasteiger partial charge >= 0.3 is 0 Å². The number of Topliss-reactive ketones (excluding diaryl/α,β-unsaturated/α-hetero) is 1. The molecule has 80 valence electrons. The molecule has 4 heteroatoms. The second-order valence-electron chi connectivity index (χ2n) is 3.37. The molecule has 0 atom stereocenters. The van der Waals surface area contributed by atoms with Crippen LogP contribution in [0.1, 0.15) is 18.4 Å². The average Bonchev–Trinajstić information content (AvgIpc) is 2.18. The molecule has 0 aliphatic rings. The van der Waals surface area contributed by atoms with Gasteiger partial charge in [0.25, 0.3) is 6.54 Å². The highest BCUT2D eigenvalue weighted by Gasteiger charge is 2.08. The largest absolute Gasteiger partial charge is 0.292 e. The fraction of sp³-hybridized carbons (Fsp3) is 0.364. The van der Waals surface area contributed by atoms with E-state index in [1.165, 1.54) is 0 Å². The molecule has 0 N–H and O–H groups in total. The summed E-state index contributed by atoms with van der Waals surface area (Å²) >= 11 is 0. The Balaban J connectivity index is 2.22. The highest BCUT2D eigenvalue weighted by atomic mass is 16.6. The summed E-state index contributed by atoms with van der Waals surface area (Å²) < 4.78 is 0. The number of carbonyl (C=O) groups is 1. The van der Waals surface area contributed by atoms with E-state index in [9.17, 15) is 14.9 Å². The maximum Gasteiger partial charge on any atom is 0.261 e. The molecule has 1 aromatic rings. The molecule has 0 bridgehead atoms. The molecule has 0 radical (unpaired) electrons. The molecule has 0 spiro atoms. The Kier molecular flexibility index (Phi) is 4.47. The maximum atomic E-state index is 11.0. The summed E-state index contributed by atoms with van der Waals surface area (Å²) in [5, 5.41) is 10.0. The fourth-order valence-electron chi connectivity index (χ4n) is 1.36. The standard InChI is InChI=1S/C11H13NO3/c13-11(9-12(14)15)8-4-7-10-5-2-1-3-6-10/h1-3,5-6H,4,7-9H2. The van der Waals surface area contributed by atoms with Gasteiger partial charge in [0.15, 0.2) is 0 Å². The molecule has 0 heterocycles. The van der Waals surface area contributed by atoms with Crippen LogP contribution in [0.3, 0.4) is 0 Å². The first-order chi connectivity index (χ1) is 7.18. The monoisotopic (exact) mass is 207 g/mol. The van der Waals surface area contributed by atoms with E-state index in [4.69, 9.17) is 0 Å². The molecule has 0 saturated heterocycles. The van der Waals surface area contributed by atoms with E-state index >= 15 is 0 Å². The highest BCUT2D eigenvalue weighted by Crippen LogP contribution is 2.04. The number of benzene rings is 1. The van der Waals surface area contributed by atoms with Crippen molar-refractivity contribution in [2.45, 2.75) is 19.3 Å². The van der Waals surface area contributed by atoms with Gasteiger partial charge in [-0.05, 0) is 18.4 Å². The Bertz CT molecular complexity index is 335. The third-order valence-electron chi connectivity index (χ3n) is 2.07. The lowest BCUT2D eigenvalue weighted by molar-refractivity contribution is -0.467. The van der Waals surface area contributed by atoms with Crippen LogP contribution in [-0.4, -0.2) is 17.3 Å². The van der Waals surface area contributed by atoms with Crippen molar-refractivity contribution in [2.24, 2.45) is 0 Å². The van der Waals surface area contributed by atoms with Crippen molar-refractivity contribution in [3.8, 4) is 0 Å². The van der Waals surface area contributed by atoms with Crippen LogP contribution in [0.15, 0.2) is 30.3 Å². The number of hydrogen-bond donors (Lipinski definition) is 0. The molecule has 1 aromatic carbocycles. The van der Waals surface area contributed by atoms with Gasteiger partial charge in [0.05, 0.1) is 0 Å². The number of nitrogens with zero attached hydrogens (tertiary/aromatic N) is 1. The maximum absolute atomic E-state index is 11.0. The smallest absolute Gasteiger partial charge is 0.261 e. The van der Waals surface area contributed by atoms with E-state index in [0.717, 1.165) is 12.0 Å². The predicted octanol–water partition coefficient (Wildman–Crippen LogP) is 1.86. The lowest BCUT2D eigenvalue weighted by Gasteiger charge is -1.99. The zero-order valence-electron chi connectivity index (χ0n) is 8.39. The first-order valence-electron chi connectivity index (χ1n) is 4.86. The number of rotatable bonds is 6. The van der Waals surface area contributed by atoms with Crippen molar-refractivity contribution in [1.29, 1.82) is 0 Å². The first-order valence-corrected chi connectivity index (χ1v) is 4.86. The average molecular weight is 207 g/mol. The minimum Gasteiger partial charge on any atom is -0.292 e. The summed E-state index contributed by atoms with van der Waals surface area (Å²) in [6, 6.07) is 9.78. The van der Waals surface area contributed by atoms with Crippen LogP contribution in [-0.2, 0) is 11.2 Å². The van der Waals surface area contributed by atoms with Gasteiger partial charge < -0.3 is 0 Å². The van der Waals surface area contributed by atoms with E-state index in [1.54, 1.807) is 0 Å². The number of aryl methyl sites for hydroxylation is 1. The zero-order chi connectivity index (χ0) is 11.1. The summed E-state index contributed by atoms with van der Waals surface area (Å²) in [5.74, 6) is -0.295. The molecule has 1 rings (SSSR count). The topological polar surface area (TPSA) is 60.2 Å². The van der Waals surface area contributed by atoms with Crippen LogP contribution in [0.5, 0.6) is 0 Å². The Hall–Kier alpha value is -1.71. The van der Waals surface area contributed by atoms with Crippen LogP contribution in [0, 0.1) is 10.1 Å². The molecule has 0 aliphatic heterocycles. The Morgan fingerprint density at radius 1 is 1.27 bits per heavy atom. The van der Waals surface area contributed by atoms with Crippen molar-refractivity contribution < 1.29 is 9.72 Å². The lowest BCUT2D eigenvalue weighted by Crippen LogP contribution is -2.13. The minimum absolute atomic E-state index is 0.288. The third-order valence-corrected chi connectivity index (χ3v) is 2.07. The van der Waals surface area contributed by atoms with E-state index in [0.29, 0.717) is 6.42 Å². The minimum atomic E-state index is -0.579. The van der Waals surface area contributed by atoms with E-state index in [1.807, 2.05) is 30.3 Å². The van der Waals surface area contributed by atoms with Crippen molar-refractivity contribution in [3.05, 3.63) is 46.0 Å². The predicted molar refractivity (Wildman–Crippen MR) is 56.2 cm³/mol. The lowest BCUT2D eigenvalue weighted by atomic mass is 10.1. The van der Waals surface area contributed by atoms with Gasteiger partial charge in [-0.1, -0.05) is 30.3 Å². The molecule has 0 aliphatic carbocycles. The number of nitro groups is 1. The molecule has 0 fully saturated rings. The molecule has 0 unspecified atom stereocenters. The first kappa shape index (κ1) is 11.4. The van der Waals surface area contributed by atoms with Gasteiger partial charge in [0.2, 0.25) is 5.78 Å². The van der Waals surface area contributed by atoms with Gasteiger partial charge in [0.1, 0.15) is 0 Å². The van der Waals surface area contributed by atoms with E-state index in [-0.39, 0.29) is 12.2 Å². The summed E-state index contributed by atoms with van der Waals surface area (Å²) in [5.41, 5.74) is 1.16. The van der Waals surface area contributed by atoms with Gasteiger partial charge in [-0.25, -0.2) is 0 Å². The van der Waals surface area contributed by atoms with E-state index < -0.39 is 11.5 Å². The summed E-state index contributed by atoms with van der Waals surface area (Å²) in [4.78, 5) is 20.5. The van der Waals surface area contributed by atoms with Gasteiger partial charge in [-0.15, -0.1) is 0 Å². The second-order valence-corrected chi connectivity index (χ2v) is 3.37. The third kappa shape index (κ3) is 4.90. The normalized spacial score (nSPS) is 9.87. The molecular weight excluding hydrogens is 194 g/mol. The Labute approximate surface area is 88.1 Å². The van der Waals surface area contributed by atoms with Gasteiger partial charge in [-0.3, -0.25) is 14.9 Å². The summed E-state index contributed by atoms with van der Waals surface area (Å²) in [7, 11) is 0. The van der Waals surface area contributed by atoms with Crippen LogP contribution < -0.4 is 0 Å². The fourth-order valence-corrected chi connectivity index (χ4v) is 1.36. The molecule has 0 aromatic heterocycles. The Morgan fingerprint density at radius 2 is 1.93 bits per heavy atom. The van der Waals surface area contributed by atoms with Crippen LogP contribution in [0.4, 0.5) is 0 Å². The number of ketones is 1. The molecule has 15 heavy (non-hydrogen) atoms. The molecule has 0 saturated carbocycles. The molecule has 4 nitrogen and oxygen atoms in total. The molecule has 0 amide bonds.